The van der Waals surface area contributed by atoms with Crippen molar-refractivity contribution in [1.82, 2.24) is 14.5 Å². The summed E-state index contributed by atoms with van der Waals surface area (Å²) in [6, 6.07) is 7.06. The first-order valence-electron chi connectivity index (χ1n) is 9.14. The summed E-state index contributed by atoms with van der Waals surface area (Å²) in [6.45, 7) is 2.59. The van der Waals surface area contributed by atoms with Gasteiger partial charge in [-0.05, 0) is 31.4 Å². The number of aryl methyl sites for hydroxylation is 1. The number of ether oxygens (including phenoxy) is 2. The van der Waals surface area contributed by atoms with Crippen molar-refractivity contribution >= 4 is 5.91 Å². The van der Waals surface area contributed by atoms with Crippen LogP contribution in [0.4, 0.5) is 0 Å². The van der Waals surface area contributed by atoms with Gasteiger partial charge >= 0.3 is 0 Å². The molecule has 7 nitrogen and oxygen atoms in total. The highest BCUT2D eigenvalue weighted by Gasteiger charge is 2.32. The number of benzene rings is 1. The SMILES string of the molecule is CCc1cc(=O)n(CC(=O)N2CCCC2c2ccc(OC)cc2OC)cn1. The number of methoxy groups -OCH3 is 2. The van der Waals surface area contributed by atoms with Gasteiger partial charge in [0, 0.05) is 29.9 Å². The molecule has 1 amide bonds. The van der Waals surface area contributed by atoms with Gasteiger partial charge in [-0.15, -0.1) is 0 Å². The van der Waals surface area contributed by atoms with Gasteiger partial charge in [0.1, 0.15) is 18.0 Å². The fourth-order valence-corrected chi connectivity index (χ4v) is 3.49. The smallest absolute Gasteiger partial charge is 0.253 e. The summed E-state index contributed by atoms with van der Waals surface area (Å²) in [4.78, 5) is 31.1. The van der Waals surface area contributed by atoms with Crippen LogP contribution < -0.4 is 15.0 Å². The van der Waals surface area contributed by atoms with Gasteiger partial charge in [-0.1, -0.05) is 6.92 Å². The van der Waals surface area contributed by atoms with Crippen LogP contribution >= 0.6 is 0 Å². The lowest BCUT2D eigenvalue weighted by Crippen LogP contribution is -2.36. The maximum absolute atomic E-state index is 12.9. The van der Waals surface area contributed by atoms with E-state index in [0.717, 1.165) is 24.1 Å². The van der Waals surface area contributed by atoms with Gasteiger partial charge in [0.15, 0.2) is 0 Å². The van der Waals surface area contributed by atoms with Gasteiger partial charge in [-0.25, -0.2) is 4.98 Å². The monoisotopic (exact) mass is 371 g/mol. The Morgan fingerprint density at radius 1 is 1.26 bits per heavy atom. The minimum Gasteiger partial charge on any atom is -0.497 e. The summed E-state index contributed by atoms with van der Waals surface area (Å²) >= 11 is 0. The van der Waals surface area contributed by atoms with Crippen LogP contribution in [0.2, 0.25) is 0 Å². The zero-order valence-electron chi connectivity index (χ0n) is 16.0. The summed E-state index contributed by atoms with van der Waals surface area (Å²) in [7, 11) is 3.22. The molecule has 1 unspecified atom stereocenters. The second-order valence-corrected chi connectivity index (χ2v) is 6.55. The van der Waals surface area contributed by atoms with Crippen molar-refractivity contribution < 1.29 is 14.3 Å². The van der Waals surface area contributed by atoms with E-state index in [1.165, 1.54) is 17.0 Å². The van der Waals surface area contributed by atoms with Crippen molar-refractivity contribution in [3.63, 3.8) is 0 Å². The van der Waals surface area contributed by atoms with Crippen molar-refractivity contribution in [2.24, 2.45) is 0 Å². The average molecular weight is 371 g/mol. The van der Waals surface area contributed by atoms with E-state index in [9.17, 15) is 9.59 Å². The molecular formula is C20H25N3O4. The number of hydrogen-bond acceptors (Lipinski definition) is 5. The third-order valence-corrected chi connectivity index (χ3v) is 4.98. The quantitative estimate of drug-likeness (QED) is 0.778. The third kappa shape index (κ3) is 3.97. The van der Waals surface area contributed by atoms with E-state index in [1.54, 1.807) is 14.2 Å². The zero-order chi connectivity index (χ0) is 19.4. The van der Waals surface area contributed by atoms with Crippen molar-refractivity contribution in [2.75, 3.05) is 20.8 Å². The third-order valence-electron chi connectivity index (χ3n) is 4.98. The Kier molecular flexibility index (Phi) is 5.78. The van der Waals surface area contributed by atoms with Crippen LogP contribution in [0.25, 0.3) is 0 Å². The molecule has 1 aliphatic heterocycles. The highest BCUT2D eigenvalue weighted by atomic mass is 16.5. The highest BCUT2D eigenvalue weighted by molar-refractivity contribution is 5.77. The summed E-state index contributed by atoms with van der Waals surface area (Å²) in [5, 5.41) is 0. The first kappa shape index (κ1) is 18.9. The molecule has 2 aromatic rings. The molecule has 7 heteroatoms. The van der Waals surface area contributed by atoms with Crippen molar-refractivity contribution in [2.45, 2.75) is 38.8 Å². The van der Waals surface area contributed by atoms with E-state index >= 15 is 0 Å². The summed E-state index contributed by atoms with van der Waals surface area (Å²) in [6.07, 6.45) is 3.91. The maximum Gasteiger partial charge on any atom is 0.253 e. The van der Waals surface area contributed by atoms with Crippen LogP contribution in [0.3, 0.4) is 0 Å². The van der Waals surface area contributed by atoms with E-state index in [4.69, 9.17) is 9.47 Å². The number of carbonyl (C=O) groups is 1. The molecule has 2 heterocycles. The maximum atomic E-state index is 12.9. The Bertz CT molecular complexity index is 878. The lowest BCUT2D eigenvalue weighted by molar-refractivity contribution is -0.132. The standard InChI is InChI=1S/C20H25N3O4/c1-4-14-10-19(24)22(13-21-14)12-20(25)23-9-5-6-17(23)16-8-7-15(26-2)11-18(16)27-3/h7-8,10-11,13,17H,4-6,9,12H2,1-3H3. The van der Waals surface area contributed by atoms with Gasteiger partial charge in [-0.2, -0.15) is 0 Å². The highest BCUT2D eigenvalue weighted by Crippen LogP contribution is 2.38. The van der Waals surface area contributed by atoms with E-state index in [0.29, 0.717) is 24.5 Å². The molecule has 0 spiro atoms. The van der Waals surface area contributed by atoms with Gasteiger partial charge in [0.2, 0.25) is 5.91 Å². The summed E-state index contributed by atoms with van der Waals surface area (Å²) in [5.41, 5.74) is 1.48. The van der Waals surface area contributed by atoms with Gasteiger partial charge in [0.05, 0.1) is 26.6 Å². The second kappa shape index (κ2) is 8.24. The molecule has 3 rings (SSSR count). The fourth-order valence-electron chi connectivity index (χ4n) is 3.49. The molecule has 1 atom stereocenters. The number of amides is 1. The Morgan fingerprint density at radius 2 is 2.07 bits per heavy atom. The lowest BCUT2D eigenvalue weighted by Gasteiger charge is -2.27. The second-order valence-electron chi connectivity index (χ2n) is 6.55. The molecule has 27 heavy (non-hydrogen) atoms. The molecule has 144 valence electrons. The summed E-state index contributed by atoms with van der Waals surface area (Å²) < 4.78 is 12.1. The number of carbonyl (C=O) groups excluding carboxylic acids is 1. The molecule has 0 aliphatic carbocycles. The van der Waals surface area contributed by atoms with Crippen LogP contribution in [-0.4, -0.2) is 41.1 Å². The number of likely N-dealkylation sites (tertiary alicyclic amines) is 1. The minimum atomic E-state index is -0.201. The topological polar surface area (TPSA) is 73.7 Å². The number of nitrogens with zero attached hydrogens (tertiary/aromatic N) is 3. The fraction of sp³-hybridized carbons (Fsp3) is 0.450. The Hall–Kier alpha value is -2.83. The zero-order valence-corrected chi connectivity index (χ0v) is 16.0. The molecule has 0 saturated carbocycles. The number of hydrogen-bond donors (Lipinski definition) is 0. The van der Waals surface area contributed by atoms with E-state index < -0.39 is 0 Å². The Balaban J connectivity index is 1.82. The largest absolute Gasteiger partial charge is 0.497 e. The number of aromatic nitrogens is 2. The molecule has 1 aliphatic rings. The molecule has 0 radical (unpaired) electrons. The predicted octanol–water partition coefficient (Wildman–Crippen LogP) is 2.19. The van der Waals surface area contributed by atoms with Gasteiger partial charge in [0.25, 0.3) is 5.56 Å². The lowest BCUT2D eigenvalue weighted by atomic mass is 10.0. The molecule has 1 aromatic carbocycles. The normalized spacial score (nSPS) is 16.4. The molecular weight excluding hydrogens is 346 g/mol. The first-order valence-corrected chi connectivity index (χ1v) is 9.14. The Morgan fingerprint density at radius 3 is 2.74 bits per heavy atom. The van der Waals surface area contributed by atoms with E-state index in [-0.39, 0.29) is 24.1 Å². The van der Waals surface area contributed by atoms with Crippen molar-refractivity contribution in [3.05, 3.63) is 52.2 Å². The van der Waals surface area contributed by atoms with E-state index in [1.807, 2.05) is 30.0 Å². The van der Waals surface area contributed by atoms with Crippen molar-refractivity contribution in [1.29, 1.82) is 0 Å². The van der Waals surface area contributed by atoms with E-state index in [2.05, 4.69) is 4.98 Å². The van der Waals surface area contributed by atoms with Crippen LogP contribution in [0.1, 0.15) is 37.1 Å². The van der Waals surface area contributed by atoms with Crippen LogP contribution in [0, 0.1) is 0 Å². The minimum absolute atomic E-state index is 0.00913. The van der Waals surface area contributed by atoms with Crippen LogP contribution in [0.5, 0.6) is 11.5 Å². The average Bonchev–Trinajstić information content (AvgIpc) is 3.18. The van der Waals surface area contributed by atoms with Crippen LogP contribution in [0.15, 0.2) is 35.4 Å². The van der Waals surface area contributed by atoms with Crippen molar-refractivity contribution in [3.8, 4) is 11.5 Å². The summed E-state index contributed by atoms with van der Waals surface area (Å²) in [5.74, 6) is 1.31. The molecule has 1 saturated heterocycles. The van der Waals surface area contributed by atoms with Gasteiger partial charge < -0.3 is 14.4 Å². The van der Waals surface area contributed by atoms with Crippen LogP contribution in [-0.2, 0) is 17.8 Å². The molecule has 0 N–H and O–H groups in total. The Labute approximate surface area is 158 Å². The number of rotatable bonds is 6. The molecule has 0 bridgehead atoms. The first-order chi connectivity index (χ1) is 13.1. The van der Waals surface area contributed by atoms with Gasteiger partial charge in [-0.3, -0.25) is 14.2 Å². The molecule has 1 aromatic heterocycles. The predicted molar refractivity (Wildman–Crippen MR) is 101 cm³/mol. The molecule has 1 fully saturated rings.